The summed E-state index contributed by atoms with van der Waals surface area (Å²) in [4.78, 5) is 11.9. The van der Waals surface area contributed by atoms with Crippen LogP contribution in [0.1, 0.15) is 24.5 Å². The standard InChI is InChI=1S/C18H21NO2/c1-3-15-7-5-8-16(13-15)19-18(20)10-11-21-17-9-4-6-14(2)12-17/h4-9,12-13H,3,10-11H2,1-2H3,(H,19,20). The van der Waals surface area contributed by atoms with Gasteiger partial charge in [0.2, 0.25) is 5.91 Å². The molecule has 0 aliphatic rings. The second kappa shape index (κ2) is 7.48. The summed E-state index contributed by atoms with van der Waals surface area (Å²) in [5, 5.41) is 2.90. The average Bonchev–Trinajstić information content (AvgIpc) is 2.47. The molecular formula is C18H21NO2. The molecule has 21 heavy (non-hydrogen) atoms. The summed E-state index contributed by atoms with van der Waals surface area (Å²) in [6, 6.07) is 15.7. The SMILES string of the molecule is CCc1cccc(NC(=O)CCOc2cccc(C)c2)c1. The number of hydrogen-bond donors (Lipinski definition) is 1. The highest BCUT2D eigenvalue weighted by molar-refractivity contribution is 5.90. The van der Waals surface area contributed by atoms with E-state index >= 15 is 0 Å². The van der Waals surface area contributed by atoms with E-state index < -0.39 is 0 Å². The molecule has 2 aromatic carbocycles. The molecule has 1 amide bonds. The smallest absolute Gasteiger partial charge is 0.227 e. The largest absolute Gasteiger partial charge is 0.493 e. The van der Waals surface area contributed by atoms with E-state index in [-0.39, 0.29) is 5.91 Å². The molecule has 3 heteroatoms. The van der Waals surface area contributed by atoms with Crippen LogP contribution in [0.5, 0.6) is 5.75 Å². The number of amides is 1. The Morgan fingerprint density at radius 1 is 1.14 bits per heavy atom. The minimum Gasteiger partial charge on any atom is -0.493 e. The van der Waals surface area contributed by atoms with Gasteiger partial charge >= 0.3 is 0 Å². The predicted molar refractivity (Wildman–Crippen MR) is 85.7 cm³/mol. The van der Waals surface area contributed by atoms with Crippen LogP contribution in [0.4, 0.5) is 5.69 Å². The quantitative estimate of drug-likeness (QED) is 0.871. The zero-order valence-electron chi connectivity index (χ0n) is 12.6. The number of ether oxygens (including phenoxy) is 1. The lowest BCUT2D eigenvalue weighted by Gasteiger charge is -2.08. The maximum absolute atomic E-state index is 11.9. The summed E-state index contributed by atoms with van der Waals surface area (Å²) in [6.07, 6.45) is 1.30. The maximum Gasteiger partial charge on any atom is 0.227 e. The van der Waals surface area contributed by atoms with E-state index in [9.17, 15) is 4.79 Å². The number of nitrogens with one attached hydrogen (secondary N) is 1. The first-order chi connectivity index (χ1) is 10.2. The van der Waals surface area contributed by atoms with Crippen LogP contribution in [0.25, 0.3) is 0 Å². The van der Waals surface area contributed by atoms with E-state index in [0.29, 0.717) is 13.0 Å². The van der Waals surface area contributed by atoms with Crippen molar-refractivity contribution in [2.45, 2.75) is 26.7 Å². The van der Waals surface area contributed by atoms with Crippen molar-refractivity contribution in [3.05, 3.63) is 59.7 Å². The van der Waals surface area contributed by atoms with Crippen LogP contribution in [0.3, 0.4) is 0 Å². The molecule has 0 atom stereocenters. The Labute approximate surface area is 126 Å². The summed E-state index contributed by atoms with van der Waals surface area (Å²) < 4.78 is 5.58. The van der Waals surface area contributed by atoms with Crippen LogP contribution in [0.15, 0.2) is 48.5 Å². The lowest BCUT2D eigenvalue weighted by Crippen LogP contribution is -2.15. The van der Waals surface area contributed by atoms with Gasteiger partial charge in [0.25, 0.3) is 0 Å². The van der Waals surface area contributed by atoms with E-state index in [2.05, 4.69) is 18.3 Å². The fourth-order valence-corrected chi connectivity index (χ4v) is 2.06. The van der Waals surface area contributed by atoms with Crippen molar-refractivity contribution < 1.29 is 9.53 Å². The molecule has 2 rings (SSSR count). The molecule has 0 fully saturated rings. The number of carbonyl (C=O) groups excluding carboxylic acids is 1. The van der Waals surface area contributed by atoms with E-state index in [1.807, 2.05) is 49.4 Å². The first kappa shape index (κ1) is 15.1. The molecule has 1 N–H and O–H groups in total. The third-order valence-electron chi connectivity index (χ3n) is 3.21. The topological polar surface area (TPSA) is 38.3 Å². The van der Waals surface area contributed by atoms with E-state index in [1.165, 1.54) is 5.56 Å². The highest BCUT2D eigenvalue weighted by atomic mass is 16.5. The number of anilines is 1. The zero-order valence-corrected chi connectivity index (χ0v) is 12.6. The summed E-state index contributed by atoms with van der Waals surface area (Å²) in [7, 11) is 0. The fraction of sp³-hybridized carbons (Fsp3) is 0.278. The van der Waals surface area contributed by atoms with Gasteiger partial charge in [-0.1, -0.05) is 31.2 Å². The summed E-state index contributed by atoms with van der Waals surface area (Å²) in [5.41, 5.74) is 3.20. The highest BCUT2D eigenvalue weighted by Gasteiger charge is 2.03. The van der Waals surface area contributed by atoms with Gasteiger partial charge in [-0.25, -0.2) is 0 Å². The third kappa shape index (κ3) is 4.95. The number of hydrogen-bond acceptors (Lipinski definition) is 2. The Hall–Kier alpha value is -2.29. The molecule has 0 aromatic heterocycles. The van der Waals surface area contributed by atoms with Gasteiger partial charge in [0.1, 0.15) is 5.75 Å². The zero-order chi connectivity index (χ0) is 15.1. The van der Waals surface area contributed by atoms with Gasteiger partial charge in [-0.3, -0.25) is 4.79 Å². The van der Waals surface area contributed by atoms with E-state index in [0.717, 1.165) is 23.4 Å². The Bertz CT molecular complexity index is 608. The molecule has 0 saturated heterocycles. The van der Waals surface area contributed by atoms with Crippen LogP contribution in [0.2, 0.25) is 0 Å². The van der Waals surface area contributed by atoms with Gasteiger partial charge in [-0.05, 0) is 48.7 Å². The van der Waals surface area contributed by atoms with Crippen molar-refractivity contribution >= 4 is 11.6 Å². The summed E-state index contributed by atoms with van der Waals surface area (Å²) in [6.45, 7) is 4.49. The first-order valence-electron chi connectivity index (χ1n) is 7.25. The van der Waals surface area contributed by atoms with Gasteiger partial charge in [0, 0.05) is 5.69 Å². The fourth-order valence-electron chi connectivity index (χ4n) is 2.06. The minimum atomic E-state index is -0.0316. The molecule has 0 aliphatic carbocycles. The monoisotopic (exact) mass is 283 g/mol. The molecule has 0 unspecified atom stereocenters. The molecular weight excluding hydrogens is 262 g/mol. The minimum absolute atomic E-state index is 0.0316. The third-order valence-corrected chi connectivity index (χ3v) is 3.21. The molecule has 0 radical (unpaired) electrons. The maximum atomic E-state index is 11.9. The molecule has 3 nitrogen and oxygen atoms in total. The normalized spacial score (nSPS) is 10.2. The Kier molecular flexibility index (Phi) is 5.38. The van der Waals surface area contributed by atoms with Crippen molar-refractivity contribution in [2.75, 3.05) is 11.9 Å². The Balaban J connectivity index is 1.79. The van der Waals surface area contributed by atoms with Crippen LogP contribution < -0.4 is 10.1 Å². The lowest BCUT2D eigenvalue weighted by molar-refractivity contribution is -0.116. The van der Waals surface area contributed by atoms with Gasteiger partial charge in [-0.15, -0.1) is 0 Å². The average molecular weight is 283 g/mol. The van der Waals surface area contributed by atoms with Crippen molar-refractivity contribution in [2.24, 2.45) is 0 Å². The summed E-state index contributed by atoms with van der Waals surface area (Å²) in [5.74, 6) is 0.770. The molecule has 110 valence electrons. The van der Waals surface area contributed by atoms with Crippen LogP contribution in [0, 0.1) is 6.92 Å². The number of rotatable bonds is 6. The Morgan fingerprint density at radius 2 is 1.95 bits per heavy atom. The van der Waals surface area contributed by atoms with Crippen LogP contribution in [-0.4, -0.2) is 12.5 Å². The van der Waals surface area contributed by atoms with Crippen molar-refractivity contribution in [1.29, 1.82) is 0 Å². The summed E-state index contributed by atoms with van der Waals surface area (Å²) >= 11 is 0. The first-order valence-corrected chi connectivity index (χ1v) is 7.25. The Morgan fingerprint density at radius 3 is 2.71 bits per heavy atom. The van der Waals surface area contributed by atoms with Gasteiger partial charge in [-0.2, -0.15) is 0 Å². The molecule has 0 spiro atoms. The number of benzene rings is 2. The van der Waals surface area contributed by atoms with Gasteiger partial charge in [0.15, 0.2) is 0 Å². The van der Waals surface area contributed by atoms with Gasteiger partial charge in [0.05, 0.1) is 13.0 Å². The molecule has 2 aromatic rings. The van der Waals surface area contributed by atoms with E-state index in [4.69, 9.17) is 4.74 Å². The van der Waals surface area contributed by atoms with Crippen molar-refractivity contribution in [1.82, 2.24) is 0 Å². The number of carbonyl (C=O) groups is 1. The molecule has 0 bridgehead atoms. The van der Waals surface area contributed by atoms with Crippen molar-refractivity contribution in [3.8, 4) is 5.75 Å². The van der Waals surface area contributed by atoms with E-state index in [1.54, 1.807) is 0 Å². The van der Waals surface area contributed by atoms with Crippen molar-refractivity contribution in [3.63, 3.8) is 0 Å². The highest BCUT2D eigenvalue weighted by Crippen LogP contribution is 2.13. The van der Waals surface area contributed by atoms with Crippen LogP contribution >= 0.6 is 0 Å². The predicted octanol–water partition coefficient (Wildman–Crippen LogP) is 3.97. The lowest BCUT2D eigenvalue weighted by atomic mass is 10.1. The molecule has 0 aliphatic heterocycles. The molecule has 0 saturated carbocycles. The van der Waals surface area contributed by atoms with Gasteiger partial charge < -0.3 is 10.1 Å². The second-order valence-electron chi connectivity index (χ2n) is 5.02. The molecule has 0 heterocycles. The number of aryl methyl sites for hydroxylation is 2. The van der Waals surface area contributed by atoms with Crippen LogP contribution in [-0.2, 0) is 11.2 Å². The second-order valence-corrected chi connectivity index (χ2v) is 5.02.